The predicted molar refractivity (Wildman–Crippen MR) is 91.3 cm³/mol. The van der Waals surface area contributed by atoms with Gasteiger partial charge >= 0.3 is 6.03 Å². The van der Waals surface area contributed by atoms with Crippen LogP contribution >= 0.6 is 23.2 Å². The van der Waals surface area contributed by atoms with Crippen molar-refractivity contribution in [3.63, 3.8) is 0 Å². The van der Waals surface area contributed by atoms with Gasteiger partial charge in [-0.3, -0.25) is 10.2 Å². The number of aromatic hydroxyl groups is 1. The lowest BCUT2D eigenvalue weighted by Crippen LogP contribution is -2.45. The maximum absolute atomic E-state index is 11.9. The summed E-state index contributed by atoms with van der Waals surface area (Å²) >= 11 is 11.6. The lowest BCUT2D eigenvalue weighted by atomic mass is 10.2. The molecule has 7 nitrogen and oxygen atoms in total. The lowest BCUT2D eigenvalue weighted by Gasteiger charge is -2.08. The first-order valence-electron chi connectivity index (χ1n) is 6.59. The Morgan fingerprint density at radius 1 is 1.04 bits per heavy atom. The molecule has 0 saturated carbocycles. The van der Waals surface area contributed by atoms with Gasteiger partial charge in [0.15, 0.2) is 0 Å². The second kappa shape index (κ2) is 8.19. The number of hydrogen-bond donors (Lipinski definition) is 4. The number of hydrogen-bond acceptors (Lipinski definition) is 4. The highest BCUT2D eigenvalue weighted by atomic mass is 35.5. The smallest absolute Gasteiger partial charge is 0.353 e. The molecule has 4 N–H and O–H groups in total. The Morgan fingerprint density at radius 2 is 1.75 bits per heavy atom. The molecule has 0 radical (unpaired) electrons. The molecule has 2 aromatic rings. The first-order valence-corrected chi connectivity index (χ1v) is 7.35. The third kappa shape index (κ3) is 5.15. The van der Waals surface area contributed by atoms with E-state index in [0.29, 0.717) is 10.6 Å². The van der Waals surface area contributed by atoms with Crippen LogP contribution in [-0.4, -0.2) is 23.3 Å². The number of amides is 3. The van der Waals surface area contributed by atoms with Crippen LogP contribution in [0.4, 0.5) is 4.79 Å². The zero-order valence-corrected chi connectivity index (χ0v) is 13.6. The van der Waals surface area contributed by atoms with Crippen molar-refractivity contribution in [2.45, 2.75) is 0 Å². The van der Waals surface area contributed by atoms with Crippen LogP contribution in [0, 0.1) is 0 Å². The van der Waals surface area contributed by atoms with Gasteiger partial charge in [0, 0.05) is 5.02 Å². The van der Waals surface area contributed by atoms with Crippen molar-refractivity contribution in [1.82, 2.24) is 16.3 Å². The number of benzene rings is 2. The molecule has 2 rings (SSSR count). The van der Waals surface area contributed by atoms with Crippen LogP contribution in [0.2, 0.25) is 10.0 Å². The molecule has 0 spiro atoms. The molecular weight excluding hydrogens is 355 g/mol. The van der Waals surface area contributed by atoms with Gasteiger partial charge in [-0.2, -0.15) is 5.10 Å². The molecule has 0 atom stereocenters. The number of nitrogens with zero attached hydrogens (tertiary/aromatic N) is 1. The number of carbonyl (C=O) groups excluding carboxylic acids is 2. The number of carbonyl (C=O) groups is 2. The van der Waals surface area contributed by atoms with E-state index < -0.39 is 11.9 Å². The summed E-state index contributed by atoms with van der Waals surface area (Å²) in [6.07, 6.45) is 1.37. The molecule has 0 aliphatic rings. The Morgan fingerprint density at radius 3 is 2.42 bits per heavy atom. The van der Waals surface area contributed by atoms with Crippen molar-refractivity contribution in [1.29, 1.82) is 0 Å². The van der Waals surface area contributed by atoms with E-state index in [-0.39, 0.29) is 16.3 Å². The van der Waals surface area contributed by atoms with Gasteiger partial charge in [0.1, 0.15) is 5.75 Å². The number of phenols is 1. The number of hydrazone groups is 1. The molecule has 0 heterocycles. The Hall–Kier alpha value is -2.77. The molecular formula is C15H12Cl2N4O3. The maximum Gasteiger partial charge on any atom is 0.353 e. The molecule has 9 heteroatoms. The third-order valence-electron chi connectivity index (χ3n) is 2.74. The van der Waals surface area contributed by atoms with Gasteiger partial charge in [-0.15, -0.1) is 0 Å². The standard InChI is InChI=1S/C15H12Cl2N4O3/c16-10-3-6-12(13(17)7-10)14(23)19-21-15(24)20-18-8-9-1-4-11(22)5-2-9/h1-8,22H,(H,19,23)(H2,20,21,24)/b18-8+. The second-order valence-electron chi connectivity index (χ2n) is 4.49. The molecule has 0 saturated heterocycles. The van der Waals surface area contributed by atoms with E-state index in [2.05, 4.69) is 21.4 Å². The molecule has 0 aliphatic heterocycles. The summed E-state index contributed by atoms with van der Waals surface area (Å²) in [6, 6.07) is 9.80. The van der Waals surface area contributed by atoms with E-state index in [0.717, 1.165) is 0 Å². The first-order chi connectivity index (χ1) is 11.5. The molecule has 3 amide bonds. The van der Waals surface area contributed by atoms with Gasteiger partial charge in [0.25, 0.3) is 5.91 Å². The molecule has 0 aromatic heterocycles. The zero-order chi connectivity index (χ0) is 17.5. The van der Waals surface area contributed by atoms with Crippen LogP contribution in [0.5, 0.6) is 5.75 Å². The van der Waals surface area contributed by atoms with Gasteiger partial charge < -0.3 is 5.11 Å². The fraction of sp³-hybridized carbons (Fsp3) is 0. The van der Waals surface area contributed by atoms with Crippen LogP contribution in [0.25, 0.3) is 0 Å². The van der Waals surface area contributed by atoms with Crippen molar-refractivity contribution in [3.8, 4) is 5.75 Å². The van der Waals surface area contributed by atoms with E-state index in [1.165, 1.54) is 36.5 Å². The predicted octanol–water partition coefficient (Wildman–Crippen LogP) is 2.68. The zero-order valence-electron chi connectivity index (χ0n) is 12.1. The van der Waals surface area contributed by atoms with Crippen LogP contribution in [-0.2, 0) is 0 Å². The summed E-state index contributed by atoms with van der Waals surface area (Å²) in [5.74, 6) is -0.476. The van der Waals surface area contributed by atoms with Crippen molar-refractivity contribution < 1.29 is 14.7 Å². The minimum Gasteiger partial charge on any atom is -0.508 e. The SMILES string of the molecule is O=C(N/N=C/c1ccc(O)cc1)NNC(=O)c1ccc(Cl)cc1Cl. The molecule has 0 aliphatic carbocycles. The minimum atomic E-state index is -0.747. The minimum absolute atomic E-state index is 0.126. The van der Waals surface area contributed by atoms with Crippen molar-refractivity contribution in [2.24, 2.45) is 5.10 Å². The van der Waals surface area contributed by atoms with Gasteiger partial charge in [0.05, 0.1) is 16.8 Å². The number of hydrazine groups is 1. The van der Waals surface area contributed by atoms with Gasteiger partial charge in [-0.25, -0.2) is 15.6 Å². The number of urea groups is 1. The maximum atomic E-state index is 11.9. The quantitative estimate of drug-likeness (QED) is 0.495. The average molecular weight is 367 g/mol. The van der Waals surface area contributed by atoms with Crippen molar-refractivity contribution in [3.05, 3.63) is 63.6 Å². The number of rotatable bonds is 3. The number of phenolic OH excluding ortho intramolecular Hbond substituents is 1. The highest BCUT2D eigenvalue weighted by molar-refractivity contribution is 6.36. The number of nitrogens with one attached hydrogen (secondary N) is 3. The van der Waals surface area contributed by atoms with Crippen LogP contribution in [0.15, 0.2) is 47.6 Å². The highest BCUT2D eigenvalue weighted by Gasteiger charge is 2.11. The molecule has 124 valence electrons. The Bertz CT molecular complexity index is 779. The summed E-state index contributed by atoms with van der Waals surface area (Å²) in [5.41, 5.74) is 7.30. The topological polar surface area (TPSA) is 103 Å². The second-order valence-corrected chi connectivity index (χ2v) is 5.34. The van der Waals surface area contributed by atoms with Crippen molar-refractivity contribution in [2.75, 3.05) is 0 Å². The fourth-order valence-corrected chi connectivity index (χ4v) is 2.10. The van der Waals surface area contributed by atoms with E-state index in [1.807, 2.05) is 0 Å². The summed E-state index contributed by atoms with van der Waals surface area (Å²) in [4.78, 5) is 23.4. The Kier molecular flexibility index (Phi) is 6.00. The lowest BCUT2D eigenvalue weighted by molar-refractivity contribution is 0.0936. The van der Waals surface area contributed by atoms with Crippen LogP contribution < -0.4 is 16.3 Å². The third-order valence-corrected chi connectivity index (χ3v) is 3.29. The number of halogens is 2. The summed E-state index contributed by atoms with van der Waals surface area (Å²) in [5, 5.41) is 13.4. The molecule has 2 aromatic carbocycles. The summed E-state index contributed by atoms with van der Waals surface area (Å²) in [6.45, 7) is 0. The van der Waals surface area contributed by atoms with E-state index in [9.17, 15) is 9.59 Å². The molecule has 0 bridgehead atoms. The van der Waals surface area contributed by atoms with Gasteiger partial charge in [0.2, 0.25) is 0 Å². The molecule has 24 heavy (non-hydrogen) atoms. The monoisotopic (exact) mass is 366 g/mol. The van der Waals surface area contributed by atoms with Crippen LogP contribution in [0.3, 0.4) is 0 Å². The van der Waals surface area contributed by atoms with E-state index in [4.69, 9.17) is 28.3 Å². The van der Waals surface area contributed by atoms with E-state index >= 15 is 0 Å². The van der Waals surface area contributed by atoms with E-state index in [1.54, 1.807) is 12.1 Å². The summed E-state index contributed by atoms with van der Waals surface area (Å²) < 4.78 is 0. The Balaban J connectivity index is 1.82. The summed E-state index contributed by atoms with van der Waals surface area (Å²) in [7, 11) is 0. The fourth-order valence-electron chi connectivity index (χ4n) is 1.61. The highest BCUT2D eigenvalue weighted by Crippen LogP contribution is 2.20. The van der Waals surface area contributed by atoms with Crippen molar-refractivity contribution >= 4 is 41.4 Å². The molecule has 0 unspecified atom stereocenters. The average Bonchev–Trinajstić information content (AvgIpc) is 2.54. The molecule has 0 fully saturated rings. The van der Waals surface area contributed by atoms with Gasteiger partial charge in [-0.1, -0.05) is 23.2 Å². The Labute approximate surface area is 147 Å². The largest absolute Gasteiger partial charge is 0.508 e. The normalized spacial score (nSPS) is 10.4. The van der Waals surface area contributed by atoms with Gasteiger partial charge in [-0.05, 0) is 48.0 Å². The first kappa shape index (κ1) is 17.6. The van der Waals surface area contributed by atoms with Crippen LogP contribution in [0.1, 0.15) is 15.9 Å².